The molecule has 1 heterocycles. The first-order valence-corrected chi connectivity index (χ1v) is 8.57. The summed E-state index contributed by atoms with van der Waals surface area (Å²) in [5.74, 6) is 1.49. The Kier molecular flexibility index (Phi) is 6.22. The second-order valence-corrected chi connectivity index (χ2v) is 7.10. The molecular weight excluding hydrogens is 294 g/mol. The van der Waals surface area contributed by atoms with Gasteiger partial charge in [-0.15, -0.1) is 0 Å². The molecule has 0 aliphatic rings. The molecule has 0 radical (unpaired) electrons. The Morgan fingerprint density at radius 3 is 2.62 bits per heavy atom. The van der Waals surface area contributed by atoms with E-state index in [-0.39, 0.29) is 12.1 Å². The topological polar surface area (TPSA) is 91.7 Å². The molecule has 1 rings (SSSR count). The minimum atomic E-state index is -3.16. The first-order valence-electron chi connectivity index (χ1n) is 6.72. The Balaban J connectivity index is 2.26. The third-order valence-electron chi connectivity index (χ3n) is 3.04. The van der Waals surface area contributed by atoms with Crippen molar-refractivity contribution >= 4 is 16.1 Å². The number of aryl methyl sites for hydroxylation is 1. The standard InChI is InChI=1S/C13H23N3O4S/c1-10-6-7-12(20-10)11(2)15-13(17)14-8-5-9-16(3)21(4,18)19/h6-7,11H,5,8-9H2,1-4H3,(H2,14,15,17)/t11-/m0/s1. The van der Waals surface area contributed by atoms with E-state index in [4.69, 9.17) is 4.42 Å². The maximum atomic E-state index is 11.7. The highest BCUT2D eigenvalue weighted by atomic mass is 32.2. The predicted octanol–water partition coefficient (Wildman–Crippen LogP) is 1.23. The lowest BCUT2D eigenvalue weighted by Gasteiger charge is -2.15. The monoisotopic (exact) mass is 317 g/mol. The van der Waals surface area contributed by atoms with E-state index in [0.717, 1.165) is 12.0 Å². The highest BCUT2D eigenvalue weighted by molar-refractivity contribution is 7.88. The van der Waals surface area contributed by atoms with Crippen LogP contribution in [0, 0.1) is 6.92 Å². The van der Waals surface area contributed by atoms with Crippen LogP contribution in [0.4, 0.5) is 4.79 Å². The van der Waals surface area contributed by atoms with Gasteiger partial charge in [-0.3, -0.25) is 0 Å². The van der Waals surface area contributed by atoms with Crippen molar-refractivity contribution in [1.82, 2.24) is 14.9 Å². The first-order chi connectivity index (χ1) is 9.70. The summed E-state index contributed by atoms with van der Waals surface area (Å²) < 4.78 is 29.0. The van der Waals surface area contributed by atoms with Crippen LogP contribution < -0.4 is 10.6 Å². The van der Waals surface area contributed by atoms with Gasteiger partial charge in [-0.25, -0.2) is 17.5 Å². The Hall–Kier alpha value is -1.54. The van der Waals surface area contributed by atoms with Gasteiger partial charge in [0, 0.05) is 20.1 Å². The lowest BCUT2D eigenvalue weighted by atomic mass is 10.2. The molecule has 0 saturated carbocycles. The molecule has 0 aromatic carbocycles. The Bertz CT molecular complexity index is 568. The zero-order chi connectivity index (χ0) is 16.0. The van der Waals surface area contributed by atoms with Crippen molar-refractivity contribution in [2.45, 2.75) is 26.3 Å². The molecular formula is C13H23N3O4S. The fraction of sp³-hybridized carbons (Fsp3) is 0.615. The molecule has 0 fully saturated rings. The zero-order valence-corrected chi connectivity index (χ0v) is 13.7. The summed E-state index contributed by atoms with van der Waals surface area (Å²) in [5.41, 5.74) is 0. The van der Waals surface area contributed by atoms with Crippen molar-refractivity contribution in [1.29, 1.82) is 0 Å². The van der Waals surface area contributed by atoms with Gasteiger partial charge in [0.1, 0.15) is 11.5 Å². The summed E-state index contributed by atoms with van der Waals surface area (Å²) in [6.07, 6.45) is 1.70. The summed E-state index contributed by atoms with van der Waals surface area (Å²) in [5, 5.41) is 5.44. The molecule has 21 heavy (non-hydrogen) atoms. The fourth-order valence-corrected chi connectivity index (χ4v) is 2.14. The maximum absolute atomic E-state index is 11.7. The normalized spacial score (nSPS) is 13.2. The molecule has 0 spiro atoms. The number of hydrogen-bond donors (Lipinski definition) is 2. The van der Waals surface area contributed by atoms with Crippen molar-refractivity contribution in [3.8, 4) is 0 Å². The number of urea groups is 1. The molecule has 0 saturated heterocycles. The second-order valence-electron chi connectivity index (χ2n) is 5.01. The molecule has 2 amide bonds. The van der Waals surface area contributed by atoms with Crippen LogP contribution in [0.1, 0.15) is 30.9 Å². The number of hydrogen-bond acceptors (Lipinski definition) is 4. The van der Waals surface area contributed by atoms with E-state index in [9.17, 15) is 13.2 Å². The summed E-state index contributed by atoms with van der Waals surface area (Å²) in [6, 6.07) is 3.13. The van der Waals surface area contributed by atoms with Gasteiger partial charge >= 0.3 is 6.03 Å². The molecule has 0 aliphatic heterocycles. The SMILES string of the molecule is Cc1ccc([C@H](C)NC(=O)NCCCN(C)S(C)(=O)=O)o1. The van der Waals surface area contributed by atoms with E-state index >= 15 is 0 Å². The van der Waals surface area contributed by atoms with Gasteiger partial charge in [-0.2, -0.15) is 0 Å². The summed E-state index contributed by atoms with van der Waals surface area (Å²) in [4.78, 5) is 11.7. The van der Waals surface area contributed by atoms with E-state index < -0.39 is 10.0 Å². The van der Waals surface area contributed by atoms with Crippen molar-refractivity contribution in [3.63, 3.8) is 0 Å². The highest BCUT2D eigenvalue weighted by Gasteiger charge is 2.13. The Morgan fingerprint density at radius 1 is 1.43 bits per heavy atom. The number of rotatable bonds is 7. The van der Waals surface area contributed by atoms with Gasteiger partial charge in [-0.05, 0) is 32.4 Å². The molecule has 0 bridgehead atoms. The number of carbonyl (C=O) groups is 1. The third-order valence-corrected chi connectivity index (χ3v) is 4.35. The molecule has 1 atom stereocenters. The average molecular weight is 317 g/mol. The van der Waals surface area contributed by atoms with Crippen LogP contribution in [0.5, 0.6) is 0 Å². The molecule has 0 unspecified atom stereocenters. The van der Waals surface area contributed by atoms with Gasteiger partial charge in [0.2, 0.25) is 10.0 Å². The number of amides is 2. The van der Waals surface area contributed by atoms with E-state index in [1.807, 2.05) is 26.0 Å². The van der Waals surface area contributed by atoms with Crippen LogP contribution in [0.3, 0.4) is 0 Å². The summed E-state index contributed by atoms with van der Waals surface area (Å²) >= 11 is 0. The van der Waals surface area contributed by atoms with Crippen molar-refractivity contribution in [3.05, 3.63) is 23.7 Å². The Labute approximate surface area is 125 Å². The number of nitrogens with one attached hydrogen (secondary N) is 2. The number of furan rings is 1. The molecule has 7 nitrogen and oxygen atoms in total. The van der Waals surface area contributed by atoms with E-state index in [0.29, 0.717) is 25.3 Å². The third kappa shape index (κ3) is 6.17. The molecule has 2 N–H and O–H groups in total. The first kappa shape index (κ1) is 17.5. The number of nitrogens with zero attached hydrogens (tertiary/aromatic N) is 1. The summed E-state index contributed by atoms with van der Waals surface area (Å²) in [7, 11) is -1.65. The molecule has 1 aromatic heterocycles. The molecule has 8 heteroatoms. The number of carbonyl (C=O) groups excluding carboxylic acids is 1. The van der Waals surface area contributed by atoms with Gasteiger partial charge in [-0.1, -0.05) is 0 Å². The largest absolute Gasteiger partial charge is 0.464 e. The van der Waals surface area contributed by atoms with Gasteiger partial charge in [0.05, 0.1) is 12.3 Å². The van der Waals surface area contributed by atoms with Crippen LogP contribution in [-0.4, -0.2) is 45.1 Å². The zero-order valence-electron chi connectivity index (χ0n) is 12.8. The maximum Gasteiger partial charge on any atom is 0.315 e. The summed E-state index contributed by atoms with van der Waals surface area (Å²) in [6.45, 7) is 4.44. The number of sulfonamides is 1. The lowest BCUT2D eigenvalue weighted by Crippen LogP contribution is -2.38. The van der Waals surface area contributed by atoms with Crippen LogP contribution >= 0.6 is 0 Å². The van der Waals surface area contributed by atoms with Crippen molar-refractivity contribution in [2.24, 2.45) is 0 Å². The van der Waals surface area contributed by atoms with Gasteiger partial charge < -0.3 is 15.1 Å². The van der Waals surface area contributed by atoms with Crippen LogP contribution in [0.2, 0.25) is 0 Å². The van der Waals surface area contributed by atoms with Crippen LogP contribution in [0.25, 0.3) is 0 Å². The van der Waals surface area contributed by atoms with Gasteiger partial charge in [0.25, 0.3) is 0 Å². The average Bonchev–Trinajstić information content (AvgIpc) is 2.80. The highest BCUT2D eigenvalue weighted by Crippen LogP contribution is 2.15. The van der Waals surface area contributed by atoms with E-state index in [2.05, 4.69) is 10.6 Å². The van der Waals surface area contributed by atoms with Crippen LogP contribution in [0.15, 0.2) is 16.5 Å². The van der Waals surface area contributed by atoms with Crippen LogP contribution in [-0.2, 0) is 10.0 Å². The van der Waals surface area contributed by atoms with Crippen molar-refractivity contribution < 1.29 is 17.6 Å². The molecule has 1 aromatic rings. The van der Waals surface area contributed by atoms with Crippen molar-refractivity contribution in [2.75, 3.05) is 26.4 Å². The lowest BCUT2D eigenvalue weighted by molar-refractivity contribution is 0.235. The van der Waals surface area contributed by atoms with Gasteiger partial charge in [0.15, 0.2) is 0 Å². The van der Waals surface area contributed by atoms with E-state index in [1.165, 1.54) is 11.4 Å². The van der Waals surface area contributed by atoms with E-state index in [1.54, 1.807) is 0 Å². The Morgan fingerprint density at radius 2 is 2.10 bits per heavy atom. The smallest absolute Gasteiger partial charge is 0.315 e. The molecule has 120 valence electrons. The minimum Gasteiger partial charge on any atom is -0.464 e. The predicted molar refractivity (Wildman–Crippen MR) is 80.5 cm³/mol. The quantitative estimate of drug-likeness (QED) is 0.740. The molecule has 0 aliphatic carbocycles. The fourth-order valence-electron chi connectivity index (χ4n) is 1.67. The second kappa shape index (κ2) is 7.46. The minimum absolute atomic E-state index is 0.225.